The van der Waals surface area contributed by atoms with Gasteiger partial charge in [-0.3, -0.25) is 4.79 Å². The summed E-state index contributed by atoms with van der Waals surface area (Å²) in [5.74, 6) is 1.95. The molecule has 1 saturated heterocycles. The lowest BCUT2D eigenvalue weighted by molar-refractivity contribution is -0.125. The predicted octanol–water partition coefficient (Wildman–Crippen LogP) is 3.80. The molecule has 0 unspecified atom stereocenters. The maximum Gasteiger partial charge on any atom is 0.223 e. The summed E-state index contributed by atoms with van der Waals surface area (Å²) in [5, 5.41) is 3.08. The fourth-order valence-corrected chi connectivity index (χ4v) is 3.82. The van der Waals surface area contributed by atoms with Gasteiger partial charge in [-0.15, -0.1) is 0 Å². The lowest BCUT2D eigenvalue weighted by Crippen LogP contribution is -2.40. The molecule has 0 aliphatic carbocycles. The predicted molar refractivity (Wildman–Crippen MR) is 115 cm³/mol. The van der Waals surface area contributed by atoms with Crippen LogP contribution >= 0.6 is 0 Å². The number of aryl methyl sites for hydroxylation is 1. The zero-order valence-electron chi connectivity index (χ0n) is 17.1. The topological polar surface area (TPSA) is 70.2 Å². The highest BCUT2D eigenvalue weighted by Crippen LogP contribution is 2.24. The minimum atomic E-state index is 0.0561. The number of nitrogens with one attached hydrogen (secondary N) is 2. The van der Waals surface area contributed by atoms with Gasteiger partial charge in [0, 0.05) is 25.6 Å². The first-order valence-corrected chi connectivity index (χ1v) is 10.3. The van der Waals surface area contributed by atoms with E-state index >= 15 is 0 Å². The van der Waals surface area contributed by atoms with Crippen LogP contribution in [0.5, 0.6) is 5.75 Å². The Kier molecular flexibility index (Phi) is 5.69. The Morgan fingerprint density at radius 1 is 1.21 bits per heavy atom. The summed E-state index contributed by atoms with van der Waals surface area (Å²) in [4.78, 5) is 22.9. The van der Waals surface area contributed by atoms with Crippen LogP contribution in [-0.4, -0.2) is 35.6 Å². The summed E-state index contributed by atoms with van der Waals surface area (Å²) in [6.07, 6.45) is 1.68. The highest BCUT2D eigenvalue weighted by atomic mass is 16.5. The number of hydrogen-bond donors (Lipinski definition) is 2. The maximum absolute atomic E-state index is 12.6. The third-order valence-corrected chi connectivity index (χ3v) is 5.49. The van der Waals surface area contributed by atoms with E-state index in [4.69, 9.17) is 9.72 Å². The van der Waals surface area contributed by atoms with Crippen LogP contribution in [0.1, 0.15) is 30.9 Å². The molecule has 29 heavy (non-hydrogen) atoms. The second-order valence-electron chi connectivity index (χ2n) is 7.64. The maximum atomic E-state index is 12.6. The Bertz CT molecular complexity index is 972. The van der Waals surface area contributed by atoms with Crippen molar-refractivity contribution < 1.29 is 9.53 Å². The van der Waals surface area contributed by atoms with Crippen LogP contribution in [-0.2, 0) is 11.3 Å². The minimum Gasteiger partial charge on any atom is -0.494 e. The van der Waals surface area contributed by atoms with Gasteiger partial charge < -0.3 is 19.9 Å². The number of imidazole rings is 1. The number of anilines is 1. The highest BCUT2D eigenvalue weighted by Gasteiger charge is 2.26. The summed E-state index contributed by atoms with van der Waals surface area (Å²) in [6.45, 7) is 6.92. The van der Waals surface area contributed by atoms with Gasteiger partial charge >= 0.3 is 0 Å². The summed E-state index contributed by atoms with van der Waals surface area (Å²) >= 11 is 0. The van der Waals surface area contributed by atoms with Gasteiger partial charge in [-0.25, -0.2) is 4.98 Å². The van der Waals surface area contributed by atoms with Gasteiger partial charge in [0.15, 0.2) is 0 Å². The minimum absolute atomic E-state index is 0.0561. The number of rotatable bonds is 6. The zero-order chi connectivity index (χ0) is 20.2. The number of carbonyl (C=O) groups is 1. The molecule has 0 saturated carbocycles. The fourth-order valence-electron chi connectivity index (χ4n) is 3.82. The first-order valence-electron chi connectivity index (χ1n) is 10.3. The number of piperidine rings is 1. The van der Waals surface area contributed by atoms with E-state index in [0.717, 1.165) is 54.2 Å². The molecule has 1 aliphatic heterocycles. The number of aromatic nitrogens is 2. The largest absolute Gasteiger partial charge is 0.494 e. The average Bonchev–Trinajstić information content (AvgIpc) is 3.16. The molecule has 0 spiro atoms. The Labute approximate surface area is 171 Å². The number of fused-ring (bicyclic) bond motifs is 1. The van der Waals surface area contributed by atoms with E-state index < -0.39 is 0 Å². The molecule has 0 bridgehead atoms. The Balaban J connectivity index is 1.28. The van der Waals surface area contributed by atoms with E-state index in [2.05, 4.69) is 34.3 Å². The number of carbonyl (C=O) groups excluding carboxylic acids is 1. The van der Waals surface area contributed by atoms with Crippen molar-refractivity contribution in [1.82, 2.24) is 15.3 Å². The quantitative estimate of drug-likeness (QED) is 0.669. The van der Waals surface area contributed by atoms with Crippen molar-refractivity contribution in [3.05, 3.63) is 53.6 Å². The number of hydrogen-bond acceptors (Lipinski definition) is 4. The summed E-state index contributed by atoms with van der Waals surface area (Å²) in [5.41, 5.74) is 4.35. The third kappa shape index (κ3) is 4.53. The summed E-state index contributed by atoms with van der Waals surface area (Å²) in [7, 11) is 0. The summed E-state index contributed by atoms with van der Waals surface area (Å²) in [6, 6.07) is 14.1. The van der Waals surface area contributed by atoms with Crippen molar-refractivity contribution in [2.45, 2.75) is 33.2 Å². The molecule has 1 fully saturated rings. The van der Waals surface area contributed by atoms with Crippen LogP contribution in [0.15, 0.2) is 42.5 Å². The number of aromatic amines is 1. The van der Waals surface area contributed by atoms with Crippen LogP contribution in [0, 0.1) is 12.8 Å². The molecule has 0 radical (unpaired) electrons. The average molecular weight is 393 g/mol. The third-order valence-electron chi connectivity index (χ3n) is 5.49. The van der Waals surface area contributed by atoms with E-state index in [1.54, 1.807) is 0 Å². The highest BCUT2D eigenvalue weighted by molar-refractivity contribution is 5.80. The first kappa shape index (κ1) is 19.3. The molecule has 4 rings (SSSR count). The van der Waals surface area contributed by atoms with Gasteiger partial charge in [-0.05, 0) is 62.1 Å². The molecular formula is C23H28N4O2. The summed E-state index contributed by atoms with van der Waals surface area (Å²) < 4.78 is 5.45. The van der Waals surface area contributed by atoms with E-state index in [0.29, 0.717) is 13.2 Å². The number of benzene rings is 2. The van der Waals surface area contributed by atoms with Crippen LogP contribution in [0.3, 0.4) is 0 Å². The van der Waals surface area contributed by atoms with Crippen LogP contribution in [0.4, 0.5) is 5.95 Å². The number of nitrogens with zero attached hydrogens (tertiary/aromatic N) is 2. The molecular weight excluding hydrogens is 364 g/mol. The smallest absolute Gasteiger partial charge is 0.223 e. The lowest BCUT2D eigenvalue weighted by atomic mass is 9.96. The van der Waals surface area contributed by atoms with Crippen molar-refractivity contribution in [1.29, 1.82) is 0 Å². The molecule has 6 heteroatoms. The van der Waals surface area contributed by atoms with Gasteiger partial charge in [0.05, 0.1) is 17.6 Å². The molecule has 152 valence electrons. The van der Waals surface area contributed by atoms with E-state index in [-0.39, 0.29) is 11.8 Å². The van der Waals surface area contributed by atoms with Crippen molar-refractivity contribution >= 4 is 22.9 Å². The molecule has 6 nitrogen and oxygen atoms in total. The molecule has 2 N–H and O–H groups in total. The molecule has 1 aliphatic rings. The van der Waals surface area contributed by atoms with Crippen molar-refractivity contribution in [2.24, 2.45) is 5.92 Å². The van der Waals surface area contributed by atoms with E-state index in [1.165, 1.54) is 5.56 Å². The Morgan fingerprint density at radius 2 is 1.97 bits per heavy atom. The first-order chi connectivity index (χ1) is 14.1. The van der Waals surface area contributed by atoms with Gasteiger partial charge in [0.25, 0.3) is 0 Å². The lowest BCUT2D eigenvalue weighted by Gasteiger charge is -2.31. The molecule has 0 atom stereocenters. The van der Waals surface area contributed by atoms with Crippen LogP contribution < -0.4 is 15.0 Å². The Hall–Kier alpha value is -3.02. The second-order valence-corrected chi connectivity index (χ2v) is 7.64. The van der Waals surface area contributed by atoms with Crippen LogP contribution in [0.2, 0.25) is 0 Å². The van der Waals surface area contributed by atoms with Gasteiger partial charge in [0.1, 0.15) is 5.75 Å². The number of amides is 1. The standard InChI is InChI=1S/C23H28N4O2/c1-3-29-19-7-5-17(6-8-19)15-24-22(28)18-10-12-27(13-11-18)23-25-20-9-4-16(2)14-21(20)26-23/h4-9,14,18H,3,10-13,15H2,1-2H3,(H,24,28)(H,25,26). The van der Waals surface area contributed by atoms with Crippen molar-refractivity contribution in [3.63, 3.8) is 0 Å². The van der Waals surface area contributed by atoms with E-state index in [9.17, 15) is 4.79 Å². The second kappa shape index (κ2) is 8.55. The Morgan fingerprint density at radius 3 is 2.69 bits per heavy atom. The molecule has 3 aromatic rings. The van der Waals surface area contributed by atoms with Gasteiger partial charge in [-0.1, -0.05) is 18.2 Å². The molecule has 2 heterocycles. The number of H-pyrrole nitrogens is 1. The molecule has 1 aromatic heterocycles. The normalized spacial score (nSPS) is 14.9. The SMILES string of the molecule is CCOc1ccc(CNC(=O)C2CCN(c3nc4ccc(C)cc4[nH]3)CC2)cc1. The van der Waals surface area contributed by atoms with Gasteiger partial charge in [0.2, 0.25) is 11.9 Å². The fraction of sp³-hybridized carbons (Fsp3) is 0.391. The zero-order valence-corrected chi connectivity index (χ0v) is 17.1. The molecule has 2 aromatic carbocycles. The van der Waals surface area contributed by atoms with Crippen LogP contribution in [0.25, 0.3) is 11.0 Å². The monoisotopic (exact) mass is 392 g/mol. The van der Waals surface area contributed by atoms with Crippen molar-refractivity contribution in [3.8, 4) is 5.75 Å². The van der Waals surface area contributed by atoms with Crippen molar-refractivity contribution in [2.75, 3.05) is 24.6 Å². The van der Waals surface area contributed by atoms with E-state index in [1.807, 2.05) is 37.3 Å². The van der Waals surface area contributed by atoms with Gasteiger partial charge in [-0.2, -0.15) is 0 Å². The number of ether oxygens (including phenoxy) is 1. The molecule has 1 amide bonds.